The summed E-state index contributed by atoms with van der Waals surface area (Å²) < 4.78 is 5.22. The van der Waals surface area contributed by atoms with Crippen LogP contribution in [0.5, 0.6) is 5.75 Å². The van der Waals surface area contributed by atoms with Gasteiger partial charge in [-0.3, -0.25) is 0 Å². The summed E-state index contributed by atoms with van der Waals surface area (Å²) in [5.74, 6) is 0.819. The highest BCUT2D eigenvalue weighted by atomic mass is 16.5. The van der Waals surface area contributed by atoms with Crippen LogP contribution in [0, 0.1) is 0 Å². The highest BCUT2D eigenvalue weighted by molar-refractivity contribution is 5.22. The molecule has 0 bridgehead atoms. The summed E-state index contributed by atoms with van der Waals surface area (Å²) in [5, 5.41) is 0. The van der Waals surface area contributed by atoms with Gasteiger partial charge in [-0.1, -0.05) is 18.2 Å². The minimum absolute atomic E-state index is 0.819. The third-order valence-electron chi connectivity index (χ3n) is 1.25. The molecular weight excluding hydrogens is 150 g/mol. The number of rotatable bonds is 3. The first-order valence-electron chi connectivity index (χ1n) is 3.68. The molecule has 0 spiro atoms. The molecule has 0 heterocycles. The first kappa shape index (κ1) is 8.40. The number of benzene rings is 1. The minimum atomic E-state index is 0.819. The summed E-state index contributed by atoms with van der Waals surface area (Å²) in [6.07, 6.45) is 6.46. The lowest BCUT2D eigenvalue weighted by atomic mass is 10.3. The molecule has 0 aromatic heterocycles. The number of para-hydroxylation sites is 1. The zero-order valence-corrected chi connectivity index (χ0v) is 6.68. The van der Waals surface area contributed by atoms with Gasteiger partial charge in [-0.15, -0.1) is 0 Å². The first-order chi connectivity index (χ1) is 5.93. The zero-order valence-electron chi connectivity index (χ0n) is 6.68. The predicted octanol–water partition coefficient (Wildman–Crippen LogP) is 2.05. The topological polar surface area (TPSA) is 35.2 Å². The third kappa shape index (κ3) is 2.92. The van der Waals surface area contributed by atoms with Gasteiger partial charge in [0.25, 0.3) is 0 Å². The summed E-state index contributed by atoms with van der Waals surface area (Å²) in [6, 6.07) is 9.55. The molecule has 0 aliphatic heterocycles. The summed E-state index contributed by atoms with van der Waals surface area (Å²) >= 11 is 0. The van der Waals surface area contributed by atoms with Crippen LogP contribution in [0.15, 0.2) is 54.9 Å². The summed E-state index contributed by atoms with van der Waals surface area (Å²) in [5.41, 5.74) is 5.12. The van der Waals surface area contributed by atoms with Crippen LogP contribution in [-0.4, -0.2) is 0 Å². The molecule has 1 aromatic carbocycles. The van der Waals surface area contributed by atoms with Crippen LogP contribution in [-0.2, 0) is 0 Å². The van der Waals surface area contributed by atoms with Gasteiger partial charge in [0.15, 0.2) is 0 Å². The van der Waals surface area contributed by atoms with Gasteiger partial charge in [-0.2, -0.15) is 0 Å². The fourth-order valence-electron chi connectivity index (χ4n) is 0.726. The van der Waals surface area contributed by atoms with Gasteiger partial charge in [0, 0.05) is 0 Å². The molecule has 0 unspecified atom stereocenters. The summed E-state index contributed by atoms with van der Waals surface area (Å²) in [6.45, 7) is 0. The van der Waals surface area contributed by atoms with E-state index < -0.39 is 0 Å². The quantitative estimate of drug-likeness (QED) is 0.544. The third-order valence-corrected chi connectivity index (χ3v) is 1.25. The lowest BCUT2D eigenvalue weighted by molar-refractivity contribution is 0.481. The van der Waals surface area contributed by atoms with Gasteiger partial charge in [0.2, 0.25) is 0 Å². The van der Waals surface area contributed by atoms with Crippen molar-refractivity contribution in [2.24, 2.45) is 5.73 Å². The molecule has 0 amide bonds. The first-order valence-corrected chi connectivity index (χ1v) is 3.68. The maximum atomic E-state index is 5.22. The van der Waals surface area contributed by atoms with Gasteiger partial charge in [-0.05, 0) is 30.5 Å². The van der Waals surface area contributed by atoms with Crippen molar-refractivity contribution in [2.45, 2.75) is 0 Å². The van der Waals surface area contributed by atoms with Crippen molar-refractivity contribution < 1.29 is 4.74 Å². The monoisotopic (exact) mass is 161 g/mol. The Bertz CT molecular complexity index is 264. The number of hydrogen-bond acceptors (Lipinski definition) is 2. The van der Waals surface area contributed by atoms with E-state index in [9.17, 15) is 0 Å². The number of allylic oxidation sites excluding steroid dienone is 2. The molecule has 0 aliphatic carbocycles. The van der Waals surface area contributed by atoms with Crippen LogP contribution >= 0.6 is 0 Å². The standard InChI is InChI=1S/C10H11NO/c11-8-4-5-9-12-10-6-2-1-3-7-10/h1-9H,11H2/b8-4-,9-5-. The van der Waals surface area contributed by atoms with Crippen LogP contribution in [0.1, 0.15) is 0 Å². The molecule has 2 nitrogen and oxygen atoms in total. The van der Waals surface area contributed by atoms with E-state index in [0.29, 0.717) is 0 Å². The largest absolute Gasteiger partial charge is 0.465 e. The van der Waals surface area contributed by atoms with Gasteiger partial charge >= 0.3 is 0 Å². The Kier molecular flexibility index (Phi) is 3.51. The van der Waals surface area contributed by atoms with Crippen molar-refractivity contribution in [3.63, 3.8) is 0 Å². The molecule has 0 fully saturated rings. The van der Waals surface area contributed by atoms with Crippen LogP contribution in [0.3, 0.4) is 0 Å². The fourth-order valence-corrected chi connectivity index (χ4v) is 0.726. The second-order valence-corrected chi connectivity index (χ2v) is 2.14. The Morgan fingerprint density at radius 1 is 1.08 bits per heavy atom. The van der Waals surface area contributed by atoms with Crippen LogP contribution in [0.2, 0.25) is 0 Å². The van der Waals surface area contributed by atoms with E-state index in [2.05, 4.69) is 0 Å². The second kappa shape index (κ2) is 5.02. The Hall–Kier alpha value is -1.70. The lowest BCUT2D eigenvalue weighted by Crippen LogP contribution is -1.79. The van der Waals surface area contributed by atoms with Crippen molar-refractivity contribution >= 4 is 0 Å². The molecule has 2 N–H and O–H groups in total. The van der Waals surface area contributed by atoms with Gasteiger partial charge in [-0.25, -0.2) is 0 Å². The van der Waals surface area contributed by atoms with Crippen molar-refractivity contribution in [3.8, 4) is 5.75 Å². The molecule has 1 aromatic rings. The molecule has 62 valence electrons. The van der Waals surface area contributed by atoms with Crippen molar-refractivity contribution in [3.05, 3.63) is 54.9 Å². The molecule has 1 rings (SSSR count). The highest BCUT2D eigenvalue weighted by Crippen LogP contribution is 2.07. The summed E-state index contributed by atoms with van der Waals surface area (Å²) in [4.78, 5) is 0. The van der Waals surface area contributed by atoms with E-state index in [1.807, 2.05) is 30.3 Å². The smallest absolute Gasteiger partial charge is 0.126 e. The number of hydrogen-bond donors (Lipinski definition) is 1. The average molecular weight is 161 g/mol. The van der Waals surface area contributed by atoms with Crippen molar-refractivity contribution in [1.82, 2.24) is 0 Å². The Labute approximate surface area is 72.0 Å². The highest BCUT2D eigenvalue weighted by Gasteiger charge is 1.83. The number of nitrogens with two attached hydrogens (primary N) is 1. The molecule has 0 saturated heterocycles. The van der Waals surface area contributed by atoms with E-state index in [4.69, 9.17) is 10.5 Å². The van der Waals surface area contributed by atoms with E-state index >= 15 is 0 Å². The molecule has 2 heteroatoms. The Morgan fingerprint density at radius 2 is 1.83 bits per heavy atom. The average Bonchev–Trinajstić information content (AvgIpc) is 2.14. The Morgan fingerprint density at radius 3 is 2.50 bits per heavy atom. The maximum Gasteiger partial charge on any atom is 0.126 e. The van der Waals surface area contributed by atoms with Gasteiger partial charge in [0.05, 0.1) is 6.26 Å². The van der Waals surface area contributed by atoms with E-state index in [1.165, 1.54) is 6.20 Å². The molecule has 0 radical (unpaired) electrons. The Balaban J connectivity index is 2.43. The summed E-state index contributed by atoms with van der Waals surface area (Å²) in [7, 11) is 0. The zero-order chi connectivity index (χ0) is 8.65. The fraction of sp³-hybridized carbons (Fsp3) is 0. The lowest BCUT2D eigenvalue weighted by Gasteiger charge is -1.96. The molecule has 0 saturated carbocycles. The number of ether oxygens (including phenoxy) is 1. The maximum absolute atomic E-state index is 5.22. The van der Waals surface area contributed by atoms with Crippen molar-refractivity contribution in [1.29, 1.82) is 0 Å². The van der Waals surface area contributed by atoms with E-state index in [1.54, 1.807) is 18.4 Å². The van der Waals surface area contributed by atoms with Crippen LogP contribution in [0.4, 0.5) is 0 Å². The second-order valence-electron chi connectivity index (χ2n) is 2.14. The predicted molar refractivity (Wildman–Crippen MR) is 49.5 cm³/mol. The van der Waals surface area contributed by atoms with Crippen molar-refractivity contribution in [2.75, 3.05) is 0 Å². The SMILES string of the molecule is N/C=C\C=C/Oc1ccccc1. The minimum Gasteiger partial charge on any atom is -0.465 e. The van der Waals surface area contributed by atoms with E-state index in [0.717, 1.165) is 5.75 Å². The normalized spacial score (nSPS) is 11.0. The van der Waals surface area contributed by atoms with Crippen LogP contribution < -0.4 is 10.5 Å². The molecule has 0 aliphatic rings. The van der Waals surface area contributed by atoms with Gasteiger partial charge < -0.3 is 10.5 Å². The molecule has 0 atom stereocenters. The van der Waals surface area contributed by atoms with E-state index in [-0.39, 0.29) is 0 Å². The molecular formula is C10H11NO. The molecule has 12 heavy (non-hydrogen) atoms. The van der Waals surface area contributed by atoms with Crippen LogP contribution in [0.25, 0.3) is 0 Å². The van der Waals surface area contributed by atoms with Gasteiger partial charge in [0.1, 0.15) is 5.75 Å².